The Labute approximate surface area is 127 Å². The van der Waals surface area contributed by atoms with Crippen LogP contribution in [0.25, 0.3) is 0 Å². The molecule has 20 heavy (non-hydrogen) atoms. The van der Waals surface area contributed by atoms with Crippen LogP contribution >= 0.6 is 23.4 Å². The molecule has 2 nitrogen and oxygen atoms in total. The lowest BCUT2D eigenvalue weighted by Crippen LogP contribution is -2.32. The van der Waals surface area contributed by atoms with E-state index in [2.05, 4.69) is 17.4 Å². The highest BCUT2D eigenvalue weighted by Crippen LogP contribution is 2.36. The molecule has 102 valence electrons. The first kappa shape index (κ1) is 13.5. The fourth-order valence-electron chi connectivity index (χ4n) is 2.27. The third-order valence-corrected chi connectivity index (χ3v) is 5.04. The molecule has 1 unspecified atom stereocenters. The smallest absolute Gasteiger partial charge is 0.234 e. The summed E-state index contributed by atoms with van der Waals surface area (Å²) in [6, 6.07) is 15.8. The zero-order valence-corrected chi connectivity index (χ0v) is 12.4. The van der Waals surface area contributed by atoms with Gasteiger partial charge in [-0.1, -0.05) is 48.0 Å². The summed E-state index contributed by atoms with van der Waals surface area (Å²) in [5.74, 6) is 0.0751. The Morgan fingerprint density at radius 2 is 1.95 bits per heavy atom. The number of carbonyl (C=O) groups is 1. The number of thioether (sulfide) groups is 1. The molecule has 2 aromatic rings. The van der Waals surface area contributed by atoms with Crippen molar-refractivity contribution in [1.29, 1.82) is 0 Å². The van der Waals surface area contributed by atoms with Gasteiger partial charge < -0.3 is 5.32 Å². The molecule has 0 radical (unpaired) electrons. The molecule has 1 aliphatic rings. The third-order valence-electron chi connectivity index (χ3n) is 3.35. The van der Waals surface area contributed by atoms with Crippen molar-refractivity contribution in [3.05, 3.63) is 64.7 Å². The standard InChI is InChI=1S/C16H14ClNOS/c17-13-7-3-1-6-12(13)10-18-16(19)15-9-11-5-2-4-8-14(11)20-15/h1-8,15H,9-10H2,(H,18,19). The van der Waals surface area contributed by atoms with Crippen LogP contribution < -0.4 is 5.32 Å². The number of benzene rings is 2. The van der Waals surface area contributed by atoms with E-state index >= 15 is 0 Å². The van der Waals surface area contributed by atoms with E-state index in [4.69, 9.17) is 11.6 Å². The second-order valence-corrected chi connectivity index (χ2v) is 6.38. The van der Waals surface area contributed by atoms with Crippen molar-refractivity contribution in [1.82, 2.24) is 5.32 Å². The number of carbonyl (C=O) groups excluding carboxylic acids is 1. The van der Waals surface area contributed by atoms with Crippen molar-refractivity contribution in [2.45, 2.75) is 23.1 Å². The van der Waals surface area contributed by atoms with Gasteiger partial charge in [-0.3, -0.25) is 4.79 Å². The lowest BCUT2D eigenvalue weighted by molar-refractivity contribution is -0.120. The minimum atomic E-state index is -0.0325. The summed E-state index contributed by atoms with van der Waals surface area (Å²) in [5, 5.41) is 3.63. The van der Waals surface area contributed by atoms with E-state index in [0.29, 0.717) is 11.6 Å². The summed E-state index contributed by atoms with van der Waals surface area (Å²) in [4.78, 5) is 13.4. The first-order valence-electron chi connectivity index (χ1n) is 6.50. The molecule has 0 saturated carbocycles. The number of halogens is 1. The van der Waals surface area contributed by atoms with E-state index in [1.807, 2.05) is 36.4 Å². The van der Waals surface area contributed by atoms with Gasteiger partial charge in [-0.25, -0.2) is 0 Å². The minimum Gasteiger partial charge on any atom is -0.351 e. The molecule has 3 rings (SSSR count). The monoisotopic (exact) mass is 303 g/mol. The summed E-state index contributed by atoms with van der Waals surface area (Å²) in [6.07, 6.45) is 0.801. The molecule has 1 aliphatic heterocycles. The van der Waals surface area contributed by atoms with Crippen molar-refractivity contribution < 1.29 is 4.79 Å². The van der Waals surface area contributed by atoms with Gasteiger partial charge in [0, 0.05) is 16.5 Å². The van der Waals surface area contributed by atoms with Crippen LogP contribution in [-0.2, 0) is 17.8 Å². The summed E-state index contributed by atoms with van der Waals surface area (Å²) >= 11 is 7.72. The molecule has 0 saturated heterocycles. The van der Waals surface area contributed by atoms with Gasteiger partial charge >= 0.3 is 0 Å². The van der Waals surface area contributed by atoms with E-state index in [-0.39, 0.29) is 11.2 Å². The Morgan fingerprint density at radius 3 is 2.75 bits per heavy atom. The molecule has 1 N–H and O–H groups in total. The van der Waals surface area contributed by atoms with Crippen molar-refractivity contribution in [3.8, 4) is 0 Å². The van der Waals surface area contributed by atoms with Gasteiger partial charge in [0.05, 0.1) is 5.25 Å². The second-order valence-electron chi connectivity index (χ2n) is 4.73. The Kier molecular flexibility index (Phi) is 3.99. The fourth-order valence-corrected chi connectivity index (χ4v) is 3.69. The maximum Gasteiger partial charge on any atom is 0.234 e. The normalized spacial score (nSPS) is 16.8. The topological polar surface area (TPSA) is 29.1 Å². The average molecular weight is 304 g/mol. The van der Waals surface area contributed by atoms with E-state index in [1.165, 1.54) is 10.5 Å². The van der Waals surface area contributed by atoms with Crippen LogP contribution in [0.2, 0.25) is 5.02 Å². The molecule has 1 amide bonds. The third kappa shape index (κ3) is 2.84. The molecule has 1 atom stereocenters. The van der Waals surface area contributed by atoms with Gasteiger partial charge in [-0.2, -0.15) is 0 Å². The maximum absolute atomic E-state index is 12.2. The van der Waals surface area contributed by atoms with Crippen molar-refractivity contribution in [3.63, 3.8) is 0 Å². The summed E-state index contributed by atoms with van der Waals surface area (Å²) in [5.41, 5.74) is 2.21. The largest absolute Gasteiger partial charge is 0.351 e. The maximum atomic E-state index is 12.2. The van der Waals surface area contributed by atoms with Crippen molar-refractivity contribution >= 4 is 29.3 Å². The Hall–Kier alpha value is -1.45. The first-order valence-corrected chi connectivity index (χ1v) is 7.75. The van der Waals surface area contributed by atoms with Crippen LogP contribution in [0.4, 0.5) is 0 Å². The van der Waals surface area contributed by atoms with Gasteiger partial charge in [0.15, 0.2) is 0 Å². The number of fused-ring (bicyclic) bond motifs is 1. The van der Waals surface area contributed by atoms with Gasteiger partial charge in [0.25, 0.3) is 0 Å². The zero-order valence-electron chi connectivity index (χ0n) is 10.8. The Morgan fingerprint density at radius 1 is 1.20 bits per heavy atom. The van der Waals surface area contributed by atoms with E-state index < -0.39 is 0 Å². The molecule has 1 heterocycles. The summed E-state index contributed by atoms with van der Waals surface area (Å²) in [6.45, 7) is 0.478. The van der Waals surface area contributed by atoms with E-state index in [0.717, 1.165) is 12.0 Å². The molecular weight excluding hydrogens is 290 g/mol. The second kappa shape index (κ2) is 5.90. The summed E-state index contributed by atoms with van der Waals surface area (Å²) < 4.78 is 0. The Bertz CT molecular complexity index is 619. The molecule has 0 spiro atoms. The predicted octanol–water partition coefficient (Wildman–Crippen LogP) is 3.67. The quantitative estimate of drug-likeness (QED) is 0.937. The number of amides is 1. The van der Waals surface area contributed by atoms with Crippen LogP contribution in [0.1, 0.15) is 11.1 Å². The number of hydrogen-bond acceptors (Lipinski definition) is 2. The summed E-state index contributed by atoms with van der Waals surface area (Å²) in [7, 11) is 0. The highest BCUT2D eigenvalue weighted by Gasteiger charge is 2.27. The zero-order chi connectivity index (χ0) is 13.9. The first-order chi connectivity index (χ1) is 9.74. The van der Waals surface area contributed by atoms with Crippen LogP contribution in [-0.4, -0.2) is 11.2 Å². The molecule has 0 bridgehead atoms. The van der Waals surface area contributed by atoms with E-state index in [1.54, 1.807) is 11.8 Å². The molecule has 0 fully saturated rings. The molecular formula is C16H14ClNOS. The van der Waals surface area contributed by atoms with Gasteiger partial charge in [-0.15, -0.1) is 11.8 Å². The van der Waals surface area contributed by atoms with Crippen LogP contribution in [0.15, 0.2) is 53.4 Å². The van der Waals surface area contributed by atoms with Crippen LogP contribution in [0.5, 0.6) is 0 Å². The molecule has 0 aliphatic carbocycles. The lowest BCUT2D eigenvalue weighted by atomic mass is 10.1. The van der Waals surface area contributed by atoms with E-state index in [9.17, 15) is 4.79 Å². The van der Waals surface area contributed by atoms with Crippen molar-refractivity contribution in [2.24, 2.45) is 0 Å². The number of hydrogen-bond donors (Lipinski definition) is 1. The Balaban J connectivity index is 1.61. The predicted molar refractivity (Wildman–Crippen MR) is 83.1 cm³/mol. The highest BCUT2D eigenvalue weighted by atomic mass is 35.5. The number of rotatable bonds is 3. The number of nitrogens with one attached hydrogen (secondary N) is 1. The SMILES string of the molecule is O=C(NCc1ccccc1Cl)C1Cc2ccccc2S1. The van der Waals surface area contributed by atoms with Crippen molar-refractivity contribution in [2.75, 3.05) is 0 Å². The van der Waals surface area contributed by atoms with Gasteiger partial charge in [0.2, 0.25) is 5.91 Å². The van der Waals surface area contributed by atoms with Crippen LogP contribution in [0.3, 0.4) is 0 Å². The molecule has 0 aromatic heterocycles. The van der Waals surface area contributed by atoms with Crippen LogP contribution in [0, 0.1) is 0 Å². The average Bonchev–Trinajstić information content (AvgIpc) is 2.90. The fraction of sp³-hybridized carbons (Fsp3) is 0.188. The van der Waals surface area contributed by atoms with Gasteiger partial charge in [0.1, 0.15) is 0 Å². The lowest BCUT2D eigenvalue weighted by Gasteiger charge is -2.10. The molecule has 2 aromatic carbocycles. The highest BCUT2D eigenvalue weighted by molar-refractivity contribution is 8.01. The molecule has 4 heteroatoms. The van der Waals surface area contributed by atoms with Gasteiger partial charge in [-0.05, 0) is 29.7 Å². The minimum absolute atomic E-state index is 0.0325.